The summed E-state index contributed by atoms with van der Waals surface area (Å²) >= 11 is 0. The highest BCUT2D eigenvalue weighted by Gasteiger charge is 2.18. The first-order valence-corrected chi connectivity index (χ1v) is 6.50. The average molecular weight is 226 g/mol. The molecule has 0 bridgehead atoms. The minimum absolute atomic E-state index is 0.575. The van der Waals surface area contributed by atoms with Crippen LogP contribution in [0.25, 0.3) is 0 Å². The molecule has 2 atom stereocenters. The van der Waals surface area contributed by atoms with E-state index in [1.165, 1.54) is 5.57 Å². The zero-order chi connectivity index (χ0) is 12.7. The first-order chi connectivity index (χ1) is 7.38. The van der Waals surface area contributed by atoms with Gasteiger partial charge in [-0.2, -0.15) is 0 Å². The van der Waals surface area contributed by atoms with E-state index in [1.54, 1.807) is 0 Å². The number of nitrogens with one attached hydrogen (secondary N) is 1. The maximum atomic E-state index is 4.00. The Balaban J connectivity index is 4.15. The summed E-state index contributed by atoms with van der Waals surface area (Å²) in [7, 11) is 0. The van der Waals surface area contributed by atoms with Crippen LogP contribution in [-0.2, 0) is 0 Å². The zero-order valence-electron chi connectivity index (χ0n) is 12.0. The Morgan fingerprint density at radius 1 is 1.25 bits per heavy atom. The number of nitrogens with zero attached hydrogens (tertiary/aromatic N) is 1. The number of hydrogen-bond donors (Lipinski definition) is 1. The second kappa shape index (κ2) is 7.86. The molecule has 96 valence electrons. The van der Waals surface area contributed by atoms with Crippen molar-refractivity contribution >= 4 is 0 Å². The third kappa shape index (κ3) is 6.29. The van der Waals surface area contributed by atoms with Crippen molar-refractivity contribution in [1.29, 1.82) is 0 Å². The highest BCUT2D eigenvalue weighted by Crippen LogP contribution is 2.11. The third-order valence-corrected chi connectivity index (χ3v) is 3.13. The van der Waals surface area contributed by atoms with E-state index in [4.69, 9.17) is 0 Å². The van der Waals surface area contributed by atoms with Gasteiger partial charge in [-0.05, 0) is 32.9 Å². The second-order valence-corrected chi connectivity index (χ2v) is 5.30. The van der Waals surface area contributed by atoms with Gasteiger partial charge in [-0.15, -0.1) is 0 Å². The van der Waals surface area contributed by atoms with Gasteiger partial charge in [0.15, 0.2) is 0 Å². The van der Waals surface area contributed by atoms with Crippen LogP contribution in [0.3, 0.4) is 0 Å². The Hall–Kier alpha value is -0.340. The van der Waals surface area contributed by atoms with Crippen molar-refractivity contribution in [2.45, 2.75) is 53.6 Å². The third-order valence-electron chi connectivity index (χ3n) is 3.13. The van der Waals surface area contributed by atoms with Crippen molar-refractivity contribution in [3.8, 4) is 0 Å². The van der Waals surface area contributed by atoms with Gasteiger partial charge in [0.05, 0.1) is 0 Å². The molecule has 0 amide bonds. The summed E-state index contributed by atoms with van der Waals surface area (Å²) in [6.45, 7) is 20.6. The van der Waals surface area contributed by atoms with E-state index in [-0.39, 0.29) is 0 Å². The molecule has 0 saturated carbocycles. The Labute approximate surface area is 102 Å². The molecular weight excluding hydrogens is 196 g/mol. The SMILES string of the molecule is C=C(C)CN(CC)C(C)C(C)CNC(C)C. The summed E-state index contributed by atoms with van der Waals surface area (Å²) in [6, 6.07) is 1.18. The number of hydrogen-bond acceptors (Lipinski definition) is 2. The molecule has 0 aromatic rings. The molecule has 0 aliphatic heterocycles. The van der Waals surface area contributed by atoms with Gasteiger partial charge in [-0.3, -0.25) is 4.90 Å². The second-order valence-electron chi connectivity index (χ2n) is 5.30. The molecule has 2 nitrogen and oxygen atoms in total. The molecule has 0 fully saturated rings. The predicted octanol–water partition coefficient (Wildman–Crippen LogP) is 2.91. The summed E-state index contributed by atoms with van der Waals surface area (Å²) in [5.41, 5.74) is 1.25. The minimum atomic E-state index is 0.575. The van der Waals surface area contributed by atoms with E-state index in [9.17, 15) is 0 Å². The average Bonchev–Trinajstić information content (AvgIpc) is 2.21. The Morgan fingerprint density at radius 2 is 1.81 bits per heavy atom. The van der Waals surface area contributed by atoms with Crippen LogP contribution >= 0.6 is 0 Å². The van der Waals surface area contributed by atoms with Crippen LogP contribution in [0, 0.1) is 5.92 Å². The highest BCUT2D eigenvalue weighted by molar-refractivity contribution is 4.93. The summed E-state index contributed by atoms with van der Waals surface area (Å²) < 4.78 is 0. The first kappa shape index (κ1) is 15.7. The summed E-state index contributed by atoms with van der Waals surface area (Å²) in [4.78, 5) is 2.50. The van der Waals surface area contributed by atoms with Crippen LogP contribution in [0.2, 0.25) is 0 Å². The van der Waals surface area contributed by atoms with Gasteiger partial charge < -0.3 is 5.32 Å². The molecular formula is C14H30N2. The Kier molecular flexibility index (Phi) is 7.69. The Morgan fingerprint density at radius 3 is 2.19 bits per heavy atom. The lowest BCUT2D eigenvalue weighted by Gasteiger charge is -2.33. The van der Waals surface area contributed by atoms with Crippen molar-refractivity contribution in [3.63, 3.8) is 0 Å². The molecule has 0 aromatic carbocycles. The molecule has 0 saturated heterocycles. The molecule has 2 unspecified atom stereocenters. The van der Waals surface area contributed by atoms with Crippen LogP contribution in [-0.4, -0.2) is 36.6 Å². The van der Waals surface area contributed by atoms with Crippen molar-refractivity contribution in [1.82, 2.24) is 10.2 Å². The van der Waals surface area contributed by atoms with Gasteiger partial charge in [-0.25, -0.2) is 0 Å². The molecule has 0 aromatic heterocycles. The van der Waals surface area contributed by atoms with Crippen molar-refractivity contribution in [3.05, 3.63) is 12.2 Å². The van der Waals surface area contributed by atoms with Crippen LogP contribution in [0.1, 0.15) is 41.5 Å². The lowest BCUT2D eigenvalue weighted by molar-refractivity contribution is 0.179. The fourth-order valence-corrected chi connectivity index (χ4v) is 1.84. The lowest BCUT2D eigenvalue weighted by atomic mass is 10.0. The molecule has 0 aliphatic carbocycles. The minimum Gasteiger partial charge on any atom is -0.314 e. The number of rotatable bonds is 8. The van der Waals surface area contributed by atoms with E-state index in [1.807, 2.05) is 0 Å². The predicted molar refractivity (Wildman–Crippen MR) is 73.8 cm³/mol. The largest absolute Gasteiger partial charge is 0.314 e. The molecule has 0 aliphatic rings. The van der Waals surface area contributed by atoms with Crippen LogP contribution in [0.15, 0.2) is 12.2 Å². The van der Waals surface area contributed by atoms with E-state index in [0.717, 1.165) is 19.6 Å². The van der Waals surface area contributed by atoms with Gasteiger partial charge in [0.1, 0.15) is 0 Å². The van der Waals surface area contributed by atoms with Crippen LogP contribution in [0.5, 0.6) is 0 Å². The molecule has 0 radical (unpaired) electrons. The molecule has 0 heterocycles. The Bertz CT molecular complexity index is 199. The fraction of sp³-hybridized carbons (Fsp3) is 0.857. The number of likely N-dealkylation sites (N-methyl/N-ethyl adjacent to an activating group) is 1. The molecule has 2 heteroatoms. The van der Waals surface area contributed by atoms with E-state index in [0.29, 0.717) is 18.0 Å². The van der Waals surface area contributed by atoms with E-state index >= 15 is 0 Å². The lowest BCUT2D eigenvalue weighted by Crippen LogP contribution is -2.42. The topological polar surface area (TPSA) is 15.3 Å². The zero-order valence-corrected chi connectivity index (χ0v) is 12.0. The van der Waals surface area contributed by atoms with Crippen molar-refractivity contribution in [2.24, 2.45) is 5.92 Å². The molecule has 0 rings (SSSR count). The van der Waals surface area contributed by atoms with Crippen molar-refractivity contribution < 1.29 is 0 Å². The fourth-order valence-electron chi connectivity index (χ4n) is 1.84. The van der Waals surface area contributed by atoms with Crippen LogP contribution in [0.4, 0.5) is 0 Å². The van der Waals surface area contributed by atoms with E-state index in [2.05, 4.69) is 58.3 Å². The normalized spacial score (nSPS) is 15.5. The van der Waals surface area contributed by atoms with Crippen LogP contribution < -0.4 is 5.32 Å². The maximum absolute atomic E-state index is 4.00. The molecule has 0 spiro atoms. The van der Waals surface area contributed by atoms with Gasteiger partial charge in [0.25, 0.3) is 0 Å². The van der Waals surface area contributed by atoms with Crippen molar-refractivity contribution in [2.75, 3.05) is 19.6 Å². The quantitative estimate of drug-likeness (QED) is 0.640. The monoisotopic (exact) mass is 226 g/mol. The smallest absolute Gasteiger partial charge is 0.0190 e. The van der Waals surface area contributed by atoms with Gasteiger partial charge >= 0.3 is 0 Å². The first-order valence-electron chi connectivity index (χ1n) is 6.50. The highest BCUT2D eigenvalue weighted by atomic mass is 15.1. The standard InChI is InChI=1S/C14H30N2/c1-8-16(10-11(2)3)14(7)13(6)9-15-12(4)5/h12-15H,2,8-10H2,1,3-7H3. The molecule has 16 heavy (non-hydrogen) atoms. The van der Waals surface area contributed by atoms with Gasteiger partial charge in [0, 0.05) is 18.6 Å². The summed E-state index contributed by atoms with van der Waals surface area (Å²) in [5.74, 6) is 0.668. The van der Waals surface area contributed by atoms with Gasteiger partial charge in [-0.1, -0.05) is 39.8 Å². The maximum Gasteiger partial charge on any atom is 0.0190 e. The van der Waals surface area contributed by atoms with E-state index < -0.39 is 0 Å². The summed E-state index contributed by atoms with van der Waals surface area (Å²) in [5, 5.41) is 3.51. The molecule has 1 N–H and O–H groups in total. The van der Waals surface area contributed by atoms with Gasteiger partial charge in [0.2, 0.25) is 0 Å². The summed E-state index contributed by atoms with van der Waals surface area (Å²) in [6.07, 6.45) is 0.